The minimum Gasteiger partial charge on any atom is -0.327 e. The molecule has 2 N–H and O–H groups in total. The fraction of sp³-hybridized carbons (Fsp3) is 0.455. The van der Waals surface area contributed by atoms with Crippen LogP contribution < -0.4 is 5.73 Å². The summed E-state index contributed by atoms with van der Waals surface area (Å²) in [5, 5.41) is -0.783. The first-order chi connectivity index (χ1) is 7.41. The van der Waals surface area contributed by atoms with Gasteiger partial charge in [-0.05, 0) is 25.5 Å². The van der Waals surface area contributed by atoms with E-state index in [2.05, 4.69) is 0 Å². The Hall–Kier alpha value is -0.940. The van der Waals surface area contributed by atoms with Crippen LogP contribution >= 0.6 is 0 Å². The third kappa shape index (κ3) is 2.41. The van der Waals surface area contributed by atoms with Gasteiger partial charge in [-0.15, -0.1) is 0 Å². The molecule has 0 spiro atoms. The first kappa shape index (κ1) is 13.1. The Kier molecular flexibility index (Phi) is 4.04. The Balaban J connectivity index is 3.17. The quantitative estimate of drug-likeness (QED) is 0.878. The van der Waals surface area contributed by atoms with Crippen LogP contribution in [-0.2, 0) is 9.84 Å². The van der Waals surface area contributed by atoms with Crippen molar-refractivity contribution in [3.8, 4) is 0 Å². The molecule has 3 nitrogen and oxygen atoms in total. The van der Waals surface area contributed by atoms with Crippen LogP contribution in [0.2, 0.25) is 0 Å². The van der Waals surface area contributed by atoms with Gasteiger partial charge >= 0.3 is 0 Å². The molecule has 0 fully saturated rings. The van der Waals surface area contributed by atoms with E-state index < -0.39 is 26.9 Å². The van der Waals surface area contributed by atoms with Gasteiger partial charge in [0.1, 0.15) is 10.7 Å². The molecule has 0 radical (unpaired) electrons. The van der Waals surface area contributed by atoms with Gasteiger partial charge in [0.2, 0.25) is 0 Å². The molecule has 0 heterocycles. The highest BCUT2D eigenvalue weighted by Crippen LogP contribution is 2.21. The summed E-state index contributed by atoms with van der Waals surface area (Å²) in [5.74, 6) is -0.724. The van der Waals surface area contributed by atoms with E-state index in [1.165, 1.54) is 25.1 Å². The van der Waals surface area contributed by atoms with Gasteiger partial charge in [-0.25, -0.2) is 12.8 Å². The zero-order chi connectivity index (χ0) is 12.3. The van der Waals surface area contributed by atoms with Gasteiger partial charge in [-0.1, -0.05) is 19.1 Å². The third-order valence-corrected chi connectivity index (χ3v) is 4.98. The molecule has 1 rings (SSSR count). The lowest BCUT2D eigenvalue weighted by atomic mass is 10.2. The van der Waals surface area contributed by atoms with Crippen molar-refractivity contribution in [2.24, 2.45) is 5.73 Å². The molecule has 2 atom stereocenters. The summed E-state index contributed by atoms with van der Waals surface area (Å²) in [4.78, 5) is -0.272. The molecule has 0 saturated carbocycles. The Morgan fingerprint density at radius 3 is 2.44 bits per heavy atom. The summed E-state index contributed by atoms with van der Waals surface area (Å²) in [6.07, 6.45) is 0.537. The third-order valence-electron chi connectivity index (χ3n) is 2.71. The summed E-state index contributed by atoms with van der Waals surface area (Å²) in [7, 11) is -3.68. The average molecular weight is 245 g/mol. The average Bonchev–Trinajstić information content (AvgIpc) is 2.27. The van der Waals surface area contributed by atoms with Crippen LogP contribution in [-0.4, -0.2) is 19.7 Å². The molecular weight excluding hydrogens is 229 g/mol. The van der Waals surface area contributed by atoms with Crippen molar-refractivity contribution in [3.63, 3.8) is 0 Å². The van der Waals surface area contributed by atoms with Crippen molar-refractivity contribution >= 4 is 9.84 Å². The molecule has 0 aliphatic heterocycles. The molecule has 0 bridgehead atoms. The van der Waals surface area contributed by atoms with Crippen LogP contribution in [0.5, 0.6) is 0 Å². The minimum absolute atomic E-state index is 0.272. The van der Waals surface area contributed by atoms with Crippen molar-refractivity contribution in [2.45, 2.75) is 36.5 Å². The van der Waals surface area contributed by atoms with Gasteiger partial charge in [0.05, 0.1) is 5.25 Å². The number of rotatable bonds is 4. The van der Waals surface area contributed by atoms with E-state index in [0.29, 0.717) is 6.42 Å². The van der Waals surface area contributed by atoms with Crippen molar-refractivity contribution in [3.05, 3.63) is 30.1 Å². The van der Waals surface area contributed by atoms with Gasteiger partial charge < -0.3 is 5.73 Å². The number of benzene rings is 1. The van der Waals surface area contributed by atoms with Crippen molar-refractivity contribution in [1.82, 2.24) is 0 Å². The van der Waals surface area contributed by atoms with Gasteiger partial charge in [0.25, 0.3) is 0 Å². The molecule has 0 saturated heterocycles. The van der Waals surface area contributed by atoms with Crippen LogP contribution in [0.15, 0.2) is 29.2 Å². The highest BCUT2D eigenvalue weighted by Gasteiger charge is 2.29. The van der Waals surface area contributed by atoms with E-state index in [4.69, 9.17) is 5.73 Å². The second-order valence-electron chi connectivity index (χ2n) is 3.75. The molecular formula is C11H16FNO2S. The maximum absolute atomic E-state index is 13.4. The smallest absolute Gasteiger partial charge is 0.185 e. The molecule has 0 aliphatic rings. The number of sulfone groups is 1. The largest absolute Gasteiger partial charge is 0.327 e. The summed E-state index contributed by atoms with van der Waals surface area (Å²) in [6.45, 7) is 3.31. The number of halogens is 1. The SMILES string of the molecule is CCC(N)C(C)S(=O)(=O)c1ccccc1F. The second kappa shape index (κ2) is 4.93. The Morgan fingerprint density at radius 1 is 1.38 bits per heavy atom. The molecule has 1 aromatic carbocycles. The van der Waals surface area contributed by atoms with E-state index in [-0.39, 0.29) is 4.90 Å². The lowest BCUT2D eigenvalue weighted by molar-refractivity contribution is 0.537. The first-order valence-electron chi connectivity index (χ1n) is 5.15. The Morgan fingerprint density at radius 2 is 1.94 bits per heavy atom. The van der Waals surface area contributed by atoms with Gasteiger partial charge in [0.15, 0.2) is 9.84 Å². The topological polar surface area (TPSA) is 60.2 Å². The highest BCUT2D eigenvalue weighted by molar-refractivity contribution is 7.92. The fourth-order valence-electron chi connectivity index (χ4n) is 1.44. The molecule has 0 aromatic heterocycles. The molecule has 16 heavy (non-hydrogen) atoms. The maximum atomic E-state index is 13.4. The Labute approximate surface area is 95.4 Å². The minimum atomic E-state index is -3.68. The van der Waals surface area contributed by atoms with Crippen molar-refractivity contribution in [2.75, 3.05) is 0 Å². The van der Waals surface area contributed by atoms with Gasteiger partial charge in [-0.3, -0.25) is 0 Å². The van der Waals surface area contributed by atoms with E-state index >= 15 is 0 Å². The molecule has 0 aliphatic carbocycles. The Bertz CT molecular complexity index is 459. The van der Waals surface area contributed by atoms with Crippen LogP contribution in [0, 0.1) is 5.82 Å². The van der Waals surface area contributed by atoms with Gasteiger partial charge in [0, 0.05) is 6.04 Å². The lowest BCUT2D eigenvalue weighted by Gasteiger charge is -2.18. The standard InChI is InChI=1S/C11H16FNO2S/c1-3-10(13)8(2)16(14,15)11-7-5-4-6-9(11)12/h4-8,10H,3,13H2,1-2H3. The lowest BCUT2D eigenvalue weighted by Crippen LogP contribution is -2.38. The van der Waals surface area contributed by atoms with E-state index in [9.17, 15) is 12.8 Å². The second-order valence-corrected chi connectivity index (χ2v) is 6.03. The van der Waals surface area contributed by atoms with E-state index in [1.807, 2.05) is 0 Å². The maximum Gasteiger partial charge on any atom is 0.185 e. The van der Waals surface area contributed by atoms with Crippen molar-refractivity contribution < 1.29 is 12.8 Å². The number of nitrogens with two attached hydrogens (primary N) is 1. The molecule has 2 unspecified atom stereocenters. The monoisotopic (exact) mass is 245 g/mol. The summed E-state index contributed by atoms with van der Waals surface area (Å²) in [6, 6.07) is 4.88. The molecule has 5 heteroatoms. The van der Waals surface area contributed by atoms with Crippen LogP contribution in [0.3, 0.4) is 0 Å². The van der Waals surface area contributed by atoms with Crippen LogP contribution in [0.1, 0.15) is 20.3 Å². The van der Waals surface area contributed by atoms with Crippen molar-refractivity contribution in [1.29, 1.82) is 0 Å². The fourth-order valence-corrected chi connectivity index (χ4v) is 3.10. The predicted octanol–water partition coefficient (Wildman–Crippen LogP) is 1.73. The first-order valence-corrected chi connectivity index (χ1v) is 6.70. The van der Waals surface area contributed by atoms with E-state index in [1.54, 1.807) is 6.92 Å². The predicted molar refractivity (Wildman–Crippen MR) is 61.3 cm³/mol. The normalized spacial score (nSPS) is 15.8. The summed E-state index contributed by atoms with van der Waals surface area (Å²) < 4.78 is 37.5. The molecule has 90 valence electrons. The van der Waals surface area contributed by atoms with E-state index in [0.717, 1.165) is 6.07 Å². The van der Waals surface area contributed by atoms with Crippen LogP contribution in [0.4, 0.5) is 4.39 Å². The zero-order valence-corrected chi connectivity index (χ0v) is 10.2. The molecule has 1 aromatic rings. The zero-order valence-electron chi connectivity index (χ0n) is 9.35. The van der Waals surface area contributed by atoms with Crippen LogP contribution in [0.25, 0.3) is 0 Å². The highest BCUT2D eigenvalue weighted by atomic mass is 32.2. The number of hydrogen-bond donors (Lipinski definition) is 1. The molecule has 0 amide bonds. The summed E-state index contributed by atoms with van der Waals surface area (Å²) in [5.41, 5.74) is 5.69. The van der Waals surface area contributed by atoms with Gasteiger partial charge in [-0.2, -0.15) is 0 Å². The number of hydrogen-bond acceptors (Lipinski definition) is 3. The summed E-state index contributed by atoms with van der Waals surface area (Å²) >= 11 is 0.